The second-order valence-corrected chi connectivity index (χ2v) is 10.7. The van der Waals surface area contributed by atoms with Gasteiger partial charge in [0, 0.05) is 56.7 Å². The number of fused-ring (bicyclic) bond motifs is 2. The lowest BCUT2D eigenvalue weighted by atomic mass is 10.1. The number of imidazole rings is 1. The fourth-order valence-electron chi connectivity index (χ4n) is 5.43. The number of aryl methyl sites for hydroxylation is 1. The van der Waals surface area contributed by atoms with Crippen molar-refractivity contribution in [3.05, 3.63) is 68.6 Å². The molecule has 12 nitrogen and oxygen atoms in total. The highest BCUT2D eigenvalue weighted by molar-refractivity contribution is 6.01. The van der Waals surface area contributed by atoms with Crippen molar-refractivity contribution in [2.45, 2.75) is 45.8 Å². The van der Waals surface area contributed by atoms with Crippen LogP contribution in [-0.2, 0) is 24.9 Å². The molecule has 4 aromatic rings. The Kier molecular flexibility index (Phi) is 7.68. The van der Waals surface area contributed by atoms with Crippen LogP contribution in [-0.4, -0.2) is 63.1 Å². The van der Waals surface area contributed by atoms with E-state index in [1.807, 2.05) is 30.6 Å². The number of carbonyl (C=O) groups is 1. The molecule has 0 saturated carbocycles. The molecule has 1 amide bonds. The maximum Gasteiger partial charge on any atom is 0.413 e. The number of pyridine rings is 1. The van der Waals surface area contributed by atoms with Crippen LogP contribution in [0.1, 0.15) is 32.4 Å². The first-order chi connectivity index (χ1) is 19.6. The summed E-state index contributed by atoms with van der Waals surface area (Å²) in [5, 5.41) is 1.46. The van der Waals surface area contributed by atoms with E-state index in [1.54, 1.807) is 38.5 Å². The maximum atomic E-state index is 14.1. The Bertz CT molecular complexity index is 1780. The van der Waals surface area contributed by atoms with Gasteiger partial charge in [-0.1, -0.05) is 23.8 Å². The number of methoxy groups -OCH3 is 1. The predicted molar refractivity (Wildman–Crippen MR) is 160 cm³/mol. The van der Waals surface area contributed by atoms with Crippen molar-refractivity contribution >= 4 is 39.7 Å². The third-order valence-electron chi connectivity index (χ3n) is 7.62. The Hall–Kier alpha value is -4.45. The average Bonchev–Trinajstić information content (AvgIpc) is 3.36. The number of piperidine rings is 1. The zero-order chi connectivity index (χ0) is 29.4. The van der Waals surface area contributed by atoms with Crippen molar-refractivity contribution in [3.63, 3.8) is 0 Å². The number of amides is 1. The summed E-state index contributed by atoms with van der Waals surface area (Å²) in [6, 6.07) is 7.27. The lowest BCUT2D eigenvalue weighted by Crippen LogP contribution is -2.44. The predicted octanol–water partition coefficient (Wildman–Crippen LogP) is 2.59. The van der Waals surface area contributed by atoms with Crippen molar-refractivity contribution < 1.29 is 9.53 Å². The van der Waals surface area contributed by atoms with Crippen LogP contribution in [0, 0.1) is 0 Å². The first-order valence-electron chi connectivity index (χ1n) is 13.6. The number of allylic oxidation sites excluding steroid dienone is 2. The maximum absolute atomic E-state index is 14.1. The van der Waals surface area contributed by atoms with E-state index < -0.39 is 17.3 Å². The van der Waals surface area contributed by atoms with Gasteiger partial charge in [-0.15, -0.1) is 0 Å². The molecule has 1 saturated heterocycles. The zero-order valence-electron chi connectivity index (χ0n) is 24.1. The molecule has 216 valence electrons. The lowest BCUT2D eigenvalue weighted by Gasteiger charge is -2.31. The Balaban J connectivity index is 1.68. The Labute approximate surface area is 237 Å². The van der Waals surface area contributed by atoms with Gasteiger partial charge in [-0.05, 0) is 38.8 Å². The highest BCUT2D eigenvalue weighted by Crippen LogP contribution is 2.28. The summed E-state index contributed by atoms with van der Waals surface area (Å²) < 4.78 is 9.39. The fourth-order valence-corrected chi connectivity index (χ4v) is 5.43. The summed E-state index contributed by atoms with van der Waals surface area (Å²) in [6.07, 6.45) is 4.99. The number of nitrogens with two attached hydrogens (primary N) is 1. The van der Waals surface area contributed by atoms with Crippen LogP contribution in [0.2, 0.25) is 0 Å². The molecule has 1 unspecified atom stereocenters. The van der Waals surface area contributed by atoms with Gasteiger partial charge in [0.2, 0.25) is 5.95 Å². The lowest BCUT2D eigenvalue weighted by molar-refractivity contribution is 0.180. The number of rotatable bonds is 6. The first kappa shape index (κ1) is 28.1. The van der Waals surface area contributed by atoms with Crippen LogP contribution in [0.25, 0.3) is 21.9 Å². The molecule has 5 rings (SSSR count). The van der Waals surface area contributed by atoms with Crippen molar-refractivity contribution in [1.29, 1.82) is 0 Å². The number of hydrogen-bond donors (Lipinski definition) is 1. The van der Waals surface area contributed by atoms with E-state index in [1.165, 1.54) is 21.1 Å². The van der Waals surface area contributed by atoms with E-state index in [-0.39, 0.29) is 12.6 Å². The van der Waals surface area contributed by atoms with Crippen molar-refractivity contribution in [1.82, 2.24) is 23.7 Å². The molecule has 1 aromatic carbocycles. The van der Waals surface area contributed by atoms with Crippen LogP contribution in [0.15, 0.2) is 51.7 Å². The molecule has 1 fully saturated rings. The third-order valence-corrected chi connectivity index (χ3v) is 7.62. The Morgan fingerprint density at radius 3 is 2.68 bits per heavy atom. The molecule has 1 aliphatic heterocycles. The number of carbonyl (C=O) groups excluding carboxylic acids is 1. The molecule has 1 atom stereocenters. The van der Waals surface area contributed by atoms with Gasteiger partial charge < -0.3 is 19.9 Å². The van der Waals surface area contributed by atoms with Crippen LogP contribution in [0.3, 0.4) is 0 Å². The Morgan fingerprint density at radius 2 is 1.98 bits per heavy atom. The van der Waals surface area contributed by atoms with Crippen molar-refractivity contribution in [2.24, 2.45) is 12.8 Å². The topological polar surface area (TPSA) is 134 Å². The van der Waals surface area contributed by atoms with Gasteiger partial charge in [0.25, 0.3) is 5.56 Å². The standard InChI is InChI=1S/C29H36N8O4/c1-18(2)12-15-36-24-25(32-27(36)35-14-7-8-19(30)16-35)34(4)28(39)37(26(24)38)17-22-20-9-6-10-23(21(20)11-13-31-22)33(3)29(40)41-5/h6,9-13,19H,7-8,14-17,30H2,1-5H3. The number of ether oxygens (including phenoxy) is 1. The summed E-state index contributed by atoms with van der Waals surface area (Å²) in [5.41, 5.74) is 8.29. The average molecular weight is 561 g/mol. The molecule has 2 N–H and O–H groups in total. The van der Waals surface area contributed by atoms with Gasteiger partial charge in [-0.2, -0.15) is 4.98 Å². The van der Waals surface area contributed by atoms with Gasteiger partial charge >= 0.3 is 11.8 Å². The van der Waals surface area contributed by atoms with Gasteiger partial charge in [0.05, 0.1) is 25.0 Å². The SMILES string of the molecule is COC(=O)N(C)c1cccc2c(Cn3c(=O)c4c(nc(N5CCCC(N)C5)n4CC=C(C)C)n(C)c3=O)nccc12. The number of benzene rings is 1. The highest BCUT2D eigenvalue weighted by atomic mass is 16.5. The van der Waals surface area contributed by atoms with E-state index in [9.17, 15) is 14.4 Å². The molecule has 1 aliphatic rings. The quantitative estimate of drug-likeness (QED) is 0.356. The largest absolute Gasteiger partial charge is 0.452 e. The van der Waals surface area contributed by atoms with E-state index in [0.29, 0.717) is 41.6 Å². The van der Waals surface area contributed by atoms with Crippen LogP contribution < -0.4 is 26.8 Å². The minimum atomic E-state index is -0.513. The number of aromatic nitrogens is 5. The molecule has 0 aliphatic carbocycles. The highest BCUT2D eigenvalue weighted by Gasteiger charge is 2.26. The molecular formula is C29H36N8O4. The molecule has 3 aromatic heterocycles. The number of nitrogens with zero attached hydrogens (tertiary/aromatic N) is 7. The molecule has 41 heavy (non-hydrogen) atoms. The van der Waals surface area contributed by atoms with Crippen LogP contribution in [0.4, 0.5) is 16.4 Å². The summed E-state index contributed by atoms with van der Waals surface area (Å²) in [5.74, 6) is 0.635. The van der Waals surface area contributed by atoms with Gasteiger partial charge in [-0.3, -0.25) is 23.8 Å². The van der Waals surface area contributed by atoms with Crippen molar-refractivity contribution in [2.75, 3.05) is 37.0 Å². The van der Waals surface area contributed by atoms with Gasteiger partial charge in [-0.25, -0.2) is 9.59 Å². The normalized spacial score (nSPS) is 15.4. The van der Waals surface area contributed by atoms with Gasteiger partial charge in [0.1, 0.15) is 0 Å². The smallest absolute Gasteiger partial charge is 0.413 e. The number of hydrogen-bond acceptors (Lipinski definition) is 8. The van der Waals surface area contributed by atoms with E-state index >= 15 is 0 Å². The van der Waals surface area contributed by atoms with Crippen LogP contribution >= 0.6 is 0 Å². The second-order valence-electron chi connectivity index (χ2n) is 10.7. The van der Waals surface area contributed by atoms with E-state index in [4.69, 9.17) is 15.5 Å². The minimum Gasteiger partial charge on any atom is -0.452 e. The molecule has 0 radical (unpaired) electrons. The Morgan fingerprint density at radius 1 is 1.20 bits per heavy atom. The molecular weight excluding hydrogens is 524 g/mol. The number of anilines is 2. The first-order valence-corrected chi connectivity index (χ1v) is 13.6. The molecule has 4 heterocycles. The molecule has 0 bridgehead atoms. The molecule has 12 heteroatoms. The summed E-state index contributed by atoms with van der Waals surface area (Å²) in [6.45, 7) is 5.78. The fraction of sp³-hybridized carbons (Fsp3) is 0.414. The minimum absolute atomic E-state index is 0.0153. The molecule has 0 spiro atoms. The third kappa shape index (κ3) is 5.10. The summed E-state index contributed by atoms with van der Waals surface area (Å²) in [4.78, 5) is 52.8. The monoisotopic (exact) mass is 560 g/mol. The van der Waals surface area contributed by atoms with Gasteiger partial charge in [0.15, 0.2) is 11.2 Å². The zero-order valence-corrected chi connectivity index (χ0v) is 24.1. The van der Waals surface area contributed by atoms with E-state index in [0.717, 1.165) is 35.7 Å². The van der Waals surface area contributed by atoms with E-state index in [2.05, 4.69) is 9.88 Å². The van der Waals surface area contributed by atoms with Crippen LogP contribution in [0.5, 0.6) is 0 Å². The summed E-state index contributed by atoms with van der Waals surface area (Å²) >= 11 is 0. The summed E-state index contributed by atoms with van der Waals surface area (Å²) in [7, 11) is 4.57. The second kappa shape index (κ2) is 11.2. The van der Waals surface area contributed by atoms with Crippen molar-refractivity contribution in [3.8, 4) is 0 Å².